The van der Waals surface area contributed by atoms with Crippen LogP contribution in [-0.4, -0.2) is 6.16 Å². The summed E-state index contributed by atoms with van der Waals surface area (Å²) in [4.78, 5) is 0. The maximum atomic E-state index is 2.83. The summed E-state index contributed by atoms with van der Waals surface area (Å²) >= 11 is 0. The maximum absolute atomic E-state index is 2.83. The Balaban J connectivity index is 2.60. The van der Waals surface area contributed by atoms with Gasteiger partial charge in [0.1, 0.15) is 0 Å². The molecule has 9 heavy (non-hydrogen) atoms. The van der Waals surface area contributed by atoms with E-state index in [1.165, 1.54) is 46.3 Å². The predicted molar refractivity (Wildman–Crippen MR) is 70.1 cm³/mol. The first-order valence-corrected chi connectivity index (χ1v) is 15.6. The molecule has 0 aromatic heterocycles. The van der Waals surface area contributed by atoms with Crippen molar-refractivity contribution in [3.63, 3.8) is 0 Å². The molecule has 7 atom stereocenters. The van der Waals surface area contributed by atoms with Gasteiger partial charge < -0.3 is 0 Å². The smallest absolute Gasteiger partial charge is 0.0342 e. The number of hydrogen-bond acceptors (Lipinski definition) is 0. The predicted octanol–water partition coefficient (Wildman–Crippen LogP) is 4.44. The van der Waals surface area contributed by atoms with E-state index in [1.807, 2.05) is 0 Å². The summed E-state index contributed by atoms with van der Waals surface area (Å²) in [6.07, 6.45) is 1.42. The second-order valence-electron chi connectivity index (χ2n) is 1.17. The van der Waals surface area contributed by atoms with Crippen molar-refractivity contribution in [1.82, 2.24) is 0 Å². The van der Waals surface area contributed by atoms with Gasteiger partial charge in [-0.1, -0.05) is 55.0 Å². The molecule has 0 amide bonds. The molecule has 0 saturated carbocycles. The van der Waals surface area contributed by atoms with E-state index in [1.54, 1.807) is 0 Å². The van der Waals surface area contributed by atoms with Gasteiger partial charge in [0, 0.05) is 0 Å². The first-order valence-electron chi connectivity index (χ1n) is 2.60. The van der Waals surface area contributed by atoms with E-state index >= 15 is 0 Å². The topological polar surface area (TPSA) is 0 Å². The Bertz CT molecular complexity index is 40.2. The van der Waals surface area contributed by atoms with E-state index in [-0.39, 0.29) is 0 Å². The van der Waals surface area contributed by atoms with Crippen molar-refractivity contribution in [1.29, 1.82) is 0 Å². The van der Waals surface area contributed by atoms with E-state index < -0.39 is 0 Å². The highest BCUT2D eigenvalue weighted by atomic mass is 32.8. The van der Waals surface area contributed by atoms with Gasteiger partial charge in [-0.2, -0.15) is 0 Å². The third kappa shape index (κ3) is 11.0. The van der Waals surface area contributed by atoms with Crippen LogP contribution in [0.3, 0.4) is 0 Å². The highest BCUT2D eigenvalue weighted by Crippen LogP contribution is 2.73. The lowest BCUT2D eigenvalue weighted by Crippen LogP contribution is -1.43. The fraction of sp³-hybridized carbons (Fsp3) is 1.00. The second-order valence-corrected chi connectivity index (χ2v) is 20.0. The number of hydrogen-bond donors (Lipinski definition) is 0. The average molecular weight is 254 g/mol. The minimum Gasteiger partial charge on any atom is -0.110 e. The van der Waals surface area contributed by atoms with Crippen LogP contribution in [0.4, 0.5) is 0 Å². The highest BCUT2D eigenvalue weighted by molar-refractivity contribution is 8.78. The van der Waals surface area contributed by atoms with Crippen molar-refractivity contribution in [3.8, 4) is 0 Å². The van der Waals surface area contributed by atoms with E-state index in [4.69, 9.17) is 0 Å². The van der Waals surface area contributed by atoms with Crippen molar-refractivity contribution in [3.05, 3.63) is 0 Å². The van der Waals surface area contributed by atoms with Gasteiger partial charge in [-0.15, -0.1) is 8.93 Å². The summed E-state index contributed by atoms with van der Waals surface area (Å²) < 4.78 is 0. The Kier molecular flexibility index (Phi) is 14.7. The molecule has 56 valence electrons. The monoisotopic (exact) mass is 254 g/mol. The zero-order valence-corrected chi connectivity index (χ0v) is 12.4. The average Bonchev–Trinajstić information content (AvgIpc) is 1.89. The van der Waals surface area contributed by atoms with Crippen molar-refractivity contribution < 1.29 is 0 Å². The van der Waals surface area contributed by atoms with Crippen LogP contribution in [-0.2, 0) is 0 Å². The van der Waals surface area contributed by atoms with Gasteiger partial charge in [0.05, 0.1) is 0 Å². The Hall–Kier alpha value is 3.01. The molecular weight excluding hydrogens is 241 g/mol. The van der Waals surface area contributed by atoms with Crippen LogP contribution in [0.25, 0.3) is 0 Å². The molecule has 0 N–H and O–H groups in total. The van der Waals surface area contributed by atoms with Crippen molar-refractivity contribution >= 4 is 57.0 Å². The van der Waals surface area contributed by atoms with E-state index in [9.17, 15) is 0 Å². The summed E-state index contributed by atoms with van der Waals surface area (Å²) in [5, 5.41) is 0. The lowest BCUT2D eigenvalue weighted by Gasteiger charge is -1.97. The van der Waals surface area contributed by atoms with Crippen LogP contribution in [0, 0.1) is 0 Å². The molecule has 0 saturated heterocycles. The zero-order valence-electron chi connectivity index (χ0n) is 5.28. The molecular formula is C2H13P7. The van der Waals surface area contributed by atoms with Crippen LogP contribution in [0.1, 0.15) is 6.92 Å². The van der Waals surface area contributed by atoms with Gasteiger partial charge in [0.25, 0.3) is 0 Å². The minimum atomic E-state index is 1.14. The first kappa shape index (κ1) is 12.0. The minimum absolute atomic E-state index is 1.14. The SMILES string of the molecule is CCPPPPPPP. The fourth-order valence-electron chi connectivity index (χ4n) is 0.231. The highest BCUT2D eigenvalue weighted by Gasteiger charge is 1.84. The third-order valence-corrected chi connectivity index (χ3v) is 25.0. The molecule has 0 rings (SSSR count). The maximum Gasteiger partial charge on any atom is -0.0342 e. The molecule has 0 spiro atoms. The second kappa shape index (κ2) is 11.0. The lowest BCUT2D eigenvalue weighted by atomic mass is 11.0. The molecule has 0 aliphatic heterocycles. The Morgan fingerprint density at radius 1 is 1.11 bits per heavy atom. The van der Waals surface area contributed by atoms with E-state index in [0.29, 0.717) is 0 Å². The Labute approximate surface area is 70.3 Å². The fourth-order valence-corrected chi connectivity index (χ4v) is 29.9. The lowest BCUT2D eigenvalue weighted by molar-refractivity contribution is 1.53. The largest absolute Gasteiger partial charge is 0.110 e. The molecule has 0 radical (unpaired) electrons. The Morgan fingerprint density at radius 3 is 2.33 bits per heavy atom. The molecule has 0 aliphatic carbocycles. The van der Waals surface area contributed by atoms with E-state index in [2.05, 4.69) is 15.9 Å². The first-order chi connectivity index (χ1) is 4.41. The number of rotatable bonds is 6. The van der Waals surface area contributed by atoms with Crippen molar-refractivity contribution in [2.24, 2.45) is 0 Å². The molecule has 0 aliphatic rings. The van der Waals surface area contributed by atoms with Crippen LogP contribution < -0.4 is 0 Å². The standard InChI is InChI=1S/C2H13P7/c1-2-4-6-8-9-7-5-3/h4-9H,2-3H2,1H3. The molecule has 0 aromatic carbocycles. The van der Waals surface area contributed by atoms with Crippen molar-refractivity contribution in [2.45, 2.75) is 6.92 Å². The quantitative estimate of drug-likeness (QED) is 0.485. The molecule has 0 aromatic rings. The van der Waals surface area contributed by atoms with Gasteiger partial charge in [-0.3, -0.25) is 0 Å². The molecule has 0 nitrogen and oxygen atoms in total. The van der Waals surface area contributed by atoms with Gasteiger partial charge >= 0.3 is 0 Å². The summed E-state index contributed by atoms with van der Waals surface area (Å²) in [6, 6.07) is 0. The van der Waals surface area contributed by atoms with E-state index in [0.717, 1.165) is 7.96 Å². The van der Waals surface area contributed by atoms with Crippen LogP contribution in [0.15, 0.2) is 0 Å². The molecule has 7 heteroatoms. The van der Waals surface area contributed by atoms with Gasteiger partial charge in [-0.25, -0.2) is 0 Å². The van der Waals surface area contributed by atoms with Gasteiger partial charge in [0.15, 0.2) is 0 Å². The summed E-state index contributed by atoms with van der Waals surface area (Å²) in [6.45, 7) is 2.29. The van der Waals surface area contributed by atoms with Crippen LogP contribution >= 0.6 is 57.0 Å². The molecule has 0 heterocycles. The molecule has 0 bridgehead atoms. The molecule has 0 fully saturated rings. The van der Waals surface area contributed by atoms with Crippen LogP contribution in [0.2, 0.25) is 0 Å². The van der Waals surface area contributed by atoms with Crippen LogP contribution in [0.5, 0.6) is 0 Å². The molecule has 7 unspecified atom stereocenters. The van der Waals surface area contributed by atoms with Gasteiger partial charge in [-0.05, 0) is 6.16 Å². The summed E-state index contributed by atoms with van der Waals surface area (Å²) in [7, 11) is 10.5. The third-order valence-electron chi connectivity index (χ3n) is 0.525. The summed E-state index contributed by atoms with van der Waals surface area (Å²) in [5.74, 6) is 0. The summed E-state index contributed by atoms with van der Waals surface area (Å²) in [5.41, 5.74) is 0. The zero-order chi connectivity index (χ0) is 6.95. The normalized spacial score (nSPS) is 18.0. The van der Waals surface area contributed by atoms with Crippen molar-refractivity contribution in [2.75, 3.05) is 6.16 Å². The van der Waals surface area contributed by atoms with Gasteiger partial charge in [0.2, 0.25) is 0 Å². The Morgan fingerprint density at radius 2 is 1.78 bits per heavy atom.